The van der Waals surface area contributed by atoms with Gasteiger partial charge in [0.15, 0.2) is 11.5 Å². The molecule has 0 aromatic heterocycles. The molecule has 0 atom stereocenters. The van der Waals surface area contributed by atoms with E-state index in [0.717, 1.165) is 0 Å². The lowest BCUT2D eigenvalue weighted by molar-refractivity contribution is 0.0954. The predicted octanol–water partition coefficient (Wildman–Crippen LogP) is 2.26. The Morgan fingerprint density at radius 3 is 2.55 bits per heavy atom. The van der Waals surface area contributed by atoms with Gasteiger partial charge in [-0.15, -0.1) is 0 Å². The molecule has 114 valence electrons. The summed E-state index contributed by atoms with van der Waals surface area (Å²) in [6.07, 6.45) is 0. The van der Waals surface area contributed by atoms with Crippen LogP contribution in [0.5, 0.6) is 17.2 Å². The summed E-state index contributed by atoms with van der Waals surface area (Å²) < 4.78 is 4.95. The summed E-state index contributed by atoms with van der Waals surface area (Å²) in [6, 6.07) is 10.9. The largest absolute Gasteiger partial charge is 0.507 e. The minimum Gasteiger partial charge on any atom is -0.507 e. The zero-order valence-corrected chi connectivity index (χ0v) is 12.2. The molecule has 0 saturated heterocycles. The summed E-state index contributed by atoms with van der Waals surface area (Å²) in [4.78, 5) is 12.0. The number of carbonyl (C=O) groups is 1. The standard InChI is InChI=1S/C16H16N2O4/c1-10(12-5-3-4-6-13(12)19)17-18-16(21)11-7-8-14(20)15(9-11)22-2/h3-9,19-20H,1-2H3,(H,18,21). The van der Waals surface area contributed by atoms with E-state index in [1.165, 1.54) is 25.3 Å². The average molecular weight is 300 g/mol. The molecule has 6 heteroatoms. The minimum atomic E-state index is -0.451. The highest BCUT2D eigenvalue weighted by Crippen LogP contribution is 2.26. The van der Waals surface area contributed by atoms with Crippen molar-refractivity contribution < 1.29 is 19.7 Å². The zero-order chi connectivity index (χ0) is 16.1. The fourth-order valence-electron chi connectivity index (χ4n) is 1.86. The van der Waals surface area contributed by atoms with Crippen molar-refractivity contribution in [1.29, 1.82) is 0 Å². The van der Waals surface area contributed by atoms with Gasteiger partial charge in [-0.2, -0.15) is 5.10 Å². The van der Waals surface area contributed by atoms with Crippen molar-refractivity contribution in [1.82, 2.24) is 5.43 Å². The second kappa shape index (κ2) is 6.62. The van der Waals surface area contributed by atoms with Gasteiger partial charge in [0, 0.05) is 11.1 Å². The summed E-state index contributed by atoms with van der Waals surface area (Å²) in [5.41, 5.74) is 3.69. The van der Waals surface area contributed by atoms with E-state index in [0.29, 0.717) is 16.8 Å². The maximum atomic E-state index is 12.0. The number of methoxy groups -OCH3 is 1. The van der Waals surface area contributed by atoms with Crippen molar-refractivity contribution >= 4 is 11.6 Å². The van der Waals surface area contributed by atoms with Gasteiger partial charge >= 0.3 is 0 Å². The van der Waals surface area contributed by atoms with Crippen molar-refractivity contribution in [3.8, 4) is 17.2 Å². The number of ether oxygens (including phenoxy) is 1. The summed E-state index contributed by atoms with van der Waals surface area (Å²) in [5, 5.41) is 23.2. The molecular formula is C16H16N2O4. The molecule has 0 heterocycles. The van der Waals surface area contributed by atoms with Crippen LogP contribution in [-0.2, 0) is 0 Å². The fourth-order valence-corrected chi connectivity index (χ4v) is 1.86. The number of phenols is 2. The first-order chi connectivity index (χ1) is 10.5. The van der Waals surface area contributed by atoms with E-state index in [4.69, 9.17) is 4.74 Å². The lowest BCUT2D eigenvalue weighted by atomic mass is 10.1. The Morgan fingerprint density at radius 2 is 1.86 bits per heavy atom. The third-order valence-corrected chi connectivity index (χ3v) is 3.06. The lowest BCUT2D eigenvalue weighted by Gasteiger charge is -2.07. The number of hydrogen-bond acceptors (Lipinski definition) is 5. The van der Waals surface area contributed by atoms with E-state index in [2.05, 4.69) is 10.5 Å². The summed E-state index contributed by atoms with van der Waals surface area (Å²) >= 11 is 0. The molecule has 3 N–H and O–H groups in total. The number of aromatic hydroxyl groups is 2. The zero-order valence-electron chi connectivity index (χ0n) is 12.2. The van der Waals surface area contributed by atoms with E-state index < -0.39 is 5.91 Å². The monoisotopic (exact) mass is 300 g/mol. The van der Waals surface area contributed by atoms with Gasteiger partial charge in [0.2, 0.25) is 0 Å². The highest BCUT2D eigenvalue weighted by atomic mass is 16.5. The number of rotatable bonds is 4. The minimum absolute atomic E-state index is 0.0482. The van der Waals surface area contributed by atoms with Gasteiger partial charge in [-0.05, 0) is 37.3 Å². The molecule has 2 aromatic carbocycles. The highest BCUT2D eigenvalue weighted by Gasteiger charge is 2.10. The number of phenolic OH excluding ortho intramolecular Hbond substituents is 2. The van der Waals surface area contributed by atoms with Crippen molar-refractivity contribution in [2.45, 2.75) is 6.92 Å². The van der Waals surface area contributed by atoms with Crippen LogP contribution in [-0.4, -0.2) is 28.9 Å². The molecule has 0 unspecified atom stereocenters. The number of benzene rings is 2. The molecule has 1 amide bonds. The fraction of sp³-hybridized carbons (Fsp3) is 0.125. The van der Waals surface area contributed by atoms with Gasteiger partial charge in [0.25, 0.3) is 5.91 Å². The van der Waals surface area contributed by atoms with Crippen molar-refractivity contribution in [3.63, 3.8) is 0 Å². The first-order valence-corrected chi connectivity index (χ1v) is 6.53. The molecule has 0 aliphatic heterocycles. The SMILES string of the molecule is COc1cc(C(=O)NN=C(C)c2ccccc2O)ccc1O. The van der Waals surface area contributed by atoms with E-state index in [1.807, 2.05) is 0 Å². The normalized spacial score (nSPS) is 11.1. The number of nitrogens with one attached hydrogen (secondary N) is 1. The van der Waals surface area contributed by atoms with Crippen LogP contribution in [0.2, 0.25) is 0 Å². The lowest BCUT2D eigenvalue weighted by Crippen LogP contribution is -2.19. The molecular weight excluding hydrogens is 284 g/mol. The molecule has 22 heavy (non-hydrogen) atoms. The van der Waals surface area contributed by atoms with Crippen LogP contribution in [0.4, 0.5) is 0 Å². The van der Waals surface area contributed by atoms with E-state index in [1.54, 1.807) is 31.2 Å². The van der Waals surface area contributed by atoms with Gasteiger partial charge in [-0.1, -0.05) is 12.1 Å². The van der Waals surface area contributed by atoms with Gasteiger partial charge in [0.05, 0.1) is 12.8 Å². The number of nitrogens with zero attached hydrogens (tertiary/aromatic N) is 1. The highest BCUT2D eigenvalue weighted by molar-refractivity contribution is 6.02. The third-order valence-electron chi connectivity index (χ3n) is 3.06. The summed E-state index contributed by atoms with van der Waals surface area (Å²) in [5.74, 6) is -0.209. The second-order valence-corrected chi connectivity index (χ2v) is 4.54. The molecule has 0 saturated carbocycles. The summed E-state index contributed by atoms with van der Waals surface area (Å²) in [7, 11) is 1.40. The molecule has 0 aliphatic carbocycles. The third kappa shape index (κ3) is 3.35. The number of carbonyl (C=O) groups excluding carboxylic acids is 1. The number of amides is 1. The molecule has 0 bridgehead atoms. The van der Waals surface area contributed by atoms with Crippen LogP contribution >= 0.6 is 0 Å². The van der Waals surface area contributed by atoms with Crippen LogP contribution in [0, 0.1) is 0 Å². The first kappa shape index (κ1) is 15.4. The van der Waals surface area contributed by atoms with Crippen molar-refractivity contribution in [3.05, 3.63) is 53.6 Å². The van der Waals surface area contributed by atoms with E-state index in [-0.39, 0.29) is 17.2 Å². The van der Waals surface area contributed by atoms with Crippen molar-refractivity contribution in [2.24, 2.45) is 5.10 Å². The first-order valence-electron chi connectivity index (χ1n) is 6.53. The maximum Gasteiger partial charge on any atom is 0.271 e. The second-order valence-electron chi connectivity index (χ2n) is 4.54. The van der Waals surface area contributed by atoms with Gasteiger partial charge < -0.3 is 14.9 Å². The van der Waals surface area contributed by atoms with Gasteiger partial charge in [-0.25, -0.2) is 5.43 Å². The molecule has 6 nitrogen and oxygen atoms in total. The molecule has 0 aliphatic rings. The van der Waals surface area contributed by atoms with Gasteiger partial charge in [0.1, 0.15) is 5.75 Å². The molecule has 0 fully saturated rings. The Balaban J connectivity index is 2.15. The van der Waals surface area contributed by atoms with E-state index >= 15 is 0 Å². The Kier molecular flexibility index (Phi) is 4.63. The molecule has 2 rings (SSSR count). The topological polar surface area (TPSA) is 91.2 Å². The van der Waals surface area contributed by atoms with Crippen LogP contribution in [0.3, 0.4) is 0 Å². The quantitative estimate of drug-likeness (QED) is 0.596. The molecule has 0 spiro atoms. The van der Waals surface area contributed by atoms with Crippen LogP contribution in [0.1, 0.15) is 22.8 Å². The smallest absolute Gasteiger partial charge is 0.271 e. The Labute approximate surface area is 127 Å². The Morgan fingerprint density at radius 1 is 1.14 bits per heavy atom. The van der Waals surface area contributed by atoms with Crippen LogP contribution < -0.4 is 10.2 Å². The Hall–Kier alpha value is -3.02. The number of hydrazone groups is 1. The summed E-state index contributed by atoms with van der Waals surface area (Å²) in [6.45, 7) is 1.67. The molecule has 0 radical (unpaired) electrons. The number of hydrogen-bond donors (Lipinski definition) is 3. The van der Waals surface area contributed by atoms with Crippen LogP contribution in [0.15, 0.2) is 47.6 Å². The number of para-hydroxylation sites is 1. The maximum absolute atomic E-state index is 12.0. The van der Waals surface area contributed by atoms with Crippen molar-refractivity contribution in [2.75, 3.05) is 7.11 Å². The molecule has 2 aromatic rings. The Bertz CT molecular complexity index is 726. The van der Waals surface area contributed by atoms with Gasteiger partial charge in [-0.3, -0.25) is 4.79 Å². The van der Waals surface area contributed by atoms with E-state index in [9.17, 15) is 15.0 Å². The predicted molar refractivity (Wildman–Crippen MR) is 82.4 cm³/mol. The average Bonchev–Trinajstić information content (AvgIpc) is 2.53. The van der Waals surface area contributed by atoms with Crippen LogP contribution in [0.25, 0.3) is 0 Å².